The Kier molecular flexibility index (Phi) is 5.07. The Hall–Kier alpha value is -4.12. The maximum Gasteiger partial charge on any atom is 0.249 e. The highest BCUT2D eigenvalue weighted by molar-refractivity contribution is 6.17. The Morgan fingerprint density at radius 1 is 0.844 bits per heavy atom. The molecule has 0 aliphatic heterocycles. The number of primary amides is 1. The Balaban J connectivity index is 1.54. The number of hydrogen-bond donors (Lipinski definition) is 1. The van der Waals surface area contributed by atoms with Gasteiger partial charge >= 0.3 is 0 Å². The zero-order valence-corrected chi connectivity index (χ0v) is 17.3. The van der Waals surface area contributed by atoms with Gasteiger partial charge in [0.05, 0.1) is 5.52 Å². The number of amides is 1. The molecule has 0 atom stereocenters. The van der Waals surface area contributed by atoms with Gasteiger partial charge in [-0.3, -0.25) is 4.79 Å². The fourth-order valence-electron chi connectivity index (χ4n) is 4.15. The molecule has 158 valence electrons. The number of ether oxygens (including phenoxy) is 1. The number of benzene rings is 4. The highest BCUT2D eigenvalue weighted by Gasteiger charge is 2.17. The molecule has 1 amide bonds. The lowest BCUT2D eigenvalue weighted by Gasteiger charge is -2.11. The molecule has 4 nitrogen and oxygen atoms in total. The smallest absolute Gasteiger partial charge is 0.249 e. The number of aromatic nitrogens is 1. The third-order valence-corrected chi connectivity index (χ3v) is 5.60. The number of hydrogen-bond acceptors (Lipinski definition) is 2. The van der Waals surface area contributed by atoms with Crippen molar-refractivity contribution in [2.75, 3.05) is 0 Å². The maximum atomic E-state index is 14.1. The van der Waals surface area contributed by atoms with Crippen molar-refractivity contribution in [2.24, 2.45) is 5.73 Å². The maximum absolute atomic E-state index is 14.1. The van der Waals surface area contributed by atoms with Crippen LogP contribution < -0.4 is 10.5 Å². The summed E-state index contributed by atoms with van der Waals surface area (Å²) >= 11 is 0. The van der Waals surface area contributed by atoms with E-state index in [1.165, 1.54) is 12.1 Å². The molecule has 1 aromatic heterocycles. The molecule has 0 saturated carbocycles. The summed E-state index contributed by atoms with van der Waals surface area (Å²) in [4.78, 5) is 12.0. The standard InChI is InChI=1S/C27H21FN2O2/c28-20-12-13-24-23(15-20)26-22(27(29)31)10-5-11-25(26)30(24)16-19-8-4-9-21(14-19)32-17-18-6-2-1-3-7-18/h1-15H,16-17H2,(H2,29,31). The van der Waals surface area contributed by atoms with Gasteiger partial charge in [0.15, 0.2) is 0 Å². The van der Waals surface area contributed by atoms with Gasteiger partial charge in [-0.2, -0.15) is 0 Å². The molecule has 0 aliphatic carbocycles. The summed E-state index contributed by atoms with van der Waals surface area (Å²) in [5.74, 6) is -0.113. The molecule has 0 radical (unpaired) electrons. The van der Waals surface area contributed by atoms with Crippen LogP contribution in [0.3, 0.4) is 0 Å². The molecule has 0 saturated heterocycles. The van der Waals surface area contributed by atoms with Gasteiger partial charge in [-0.25, -0.2) is 4.39 Å². The number of fused-ring (bicyclic) bond motifs is 3. The van der Waals surface area contributed by atoms with Crippen LogP contribution in [0.1, 0.15) is 21.5 Å². The summed E-state index contributed by atoms with van der Waals surface area (Å²) in [6.07, 6.45) is 0. The predicted octanol–water partition coefficient (Wildman–Crippen LogP) is 5.66. The summed E-state index contributed by atoms with van der Waals surface area (Å²) < 4.78 is 22.1. The summed E-state index contributed by atoms with van der Waals surface area (Å²) in [5.41, 5.74) is 9.80. The topological polar surface area (TPSA) is 57.2 Å². The minimum atomic E-state index is -0.532. The number of nitrogens with zero attached hydrogens (tertiary/aromatic N) is 1. The predicted molar refractivity (Wildman–Crippen MR) is 124 cm³/mol. The van der Waals surface area contributed by atoms with Gasteiger partial charge in [-0.05, 0) is 53.6 Å². The lowest BCUT2D eigenvalue weighted by atomic mass is 10.1. The molecule has 1 heterocycles. The Morgan fingerprint density at radius 2 is 1.62 bits per heavy atom. The van der Waals surface area contributed by atoms with Crippen LogP contribution in [0.15, 0.2) is 91.0 Å². The molecular weight excluding hydrogens is 403 g/mol. The van der Waals surface area contributed by atoms with Gasteiger partial charge in [0.1, 0.15) is 18.2 Å². The van der Waals surface area contributed by atoms with E-state index in [0.29, 0.717) is 29.5 Å². The van der Waals surface area contributed by atoms with Crippen LogP contribution in [-0.4, -0.2) is 10.5 Å². The molecular formula is C27H21FN2O2. The molecule has 0 aliphatic rings. The van der Waals surface area contributed by atoms with Crippen LogP contribution in [0.5, 0.6) is 5.75 Å². The molecule has 5 aromatic rings. The normalized spacial score (nSPS) is 11.2. The van der Waals surface area contributed by atoms with Gasteiger partial charge in [0.2, 0.25) is 5.91 Å². The van der Waals surface area contributed by atoms with Gasteiger partial charge in [-0.15, -0.1) is 0 Å². The van der Waals surface area contributed by atoms with Crippen LogP contribution >= 0.6 is 0 Å². The van der Waals surface area contributed by atoms with Crippen molar-refractivity contribution in [3.05, 3.63) is 114 Å². The van der Waals surface area contributed by atoms with E-state index in [-0.39, 0.29) is 5.82 Å². The van der Waals surface area contributed by atoms with Gasteiger partial charge in [0, 0.05) is 28.4 Å². The first-order valence-corrected chi connectivity index (χ1v) is 10.4. The van der Waals surface area contributed by atoms with Crippen LogP contribution in [-0.2, 0) is 13.2 Å². The fraction of sp³-hybridized carbons (Fsp3) is 0.0741. The van der Waals surface area contributed by atoms with Crippen LogP contribution in [0.2, 0.25) is 0 Å². The summed E-state index contributed by atoms with van der Waals surface area (Å²) in [6.45, 7) is 1.03. The first-order chi connectivity index (χ1) is 15.6. The van der Waals surface area contributed by atoms with E-state index in [9.17, 15) is 9.18 Å². The van der Waals surface area contributed by atoms with Gasteiger partial charge in [0.25, 0.3) is 0 Å². The molecule has 0 bridgehead atoms. The summed E-state index contributed by atoms with van der Waals surface area (Å²) in [6, 6.07) is 27.9. The Labute approximate surface area is 184 Å². The van der Waals surface area contributed by atoms with E-state index >= 15 is 0 Å². The summed E-state index contributed by atoms with van der Waals surface area (Å²) in [7, 11) is 0. The third kappa shape index (κ3) is 3.69. The van der Waals surface area contributed by atoms with Crippen molar-refractivity contribution < 1.29 is 13.9 Å². The monoisotopic (exact) mass is 424 g/mol. The van der Waals surface area contributed by atoms with E-state index in [4.69, 9.17) is 10.5 Å². The molecule has 4 aromatic carbocycles. The molecule has 0 unspecified atom stereocenters. The fourth-order valence-corrected chi connectivity index (χ4v) is 4.15. The highest BCUT2D eigenvalue weighted by atomic mass is 19.1. The minimum Gasteiger partial charge on any atom is -0.489 e. The van der Waals surface area contributed by atoms with E-state index < -0.39 is 5.91 Å². The van der Waals surface area contributed by atoms with Gasteiger partial charge < -0.3 is 15.0 Å². The first-order valence-electron chi connectivity index (χ1n) is 10.4. The minimum absolute atomic E-state index is 0.355. The first kappa shape index (κ1) is 19.8. The van der Waals surface area contributed by atoms with Crippen molar-refractivity contribution in [3.8, 4) is 5.75 Å². The second-order valence-corrected chi connectivity index (χ2v) is 7.73. The third-order valence-electron chi connectivity index (χ3n) is 5.60. The number of rotatable bonds is 6. The molecule has 0 fully saturated rings. The van der Waals surface area contributed by atoms with E-state index in [1.807, 2.05) is 60.7 Å². The lowest BCUT2D eigenvalue weighted by Crippen LogP contribution is -2.11. The SMILES string of the molecule is NC(=O)c1cccc2c1c1cc(F)ccc1n2Cc1cccc(OCc2ccccc2)c1. The zero-order chi connectivity index (χ0) is 22.1. The van der Waals surface area contributed by atoms with Crippen molar-refractivity contribution in [2.45, 2.75) is 13.2 Å². The van der Waals surface area contributed by atoms with E-state index in [0.717, 1.165) is 27.9 Å². The second-order valence-electron chi connectivity index (χ2n) is 7.73. The number of carbonyl (C=O) groups is 1. The molecule has 5 heteroatoms. The second kappa shape index (κ2) is 8.19. The van der Waals surface area contributed by atoms with Crippen molar-refractivity contribution in [1.29, 1.82) is 0 Å². The van der Waals surface area contributed by atoms with Crippen LogP contribution in [0.25, 0.3) is 21.8 Å². The zero-order valence-electron chi connectivity index (χ0n) is 17.3. The summed E-state index contributed by atoms with van der Waals surface area (Å²) in [5, 5.41) is 1.34. The average Bonchev–Trinajstić information content (AvgIpc) is 3.11. The average molecular weight is 424 g/mol. The highest BCUT2D eigenvalue weighted by Crippen LogP contribution is 2.33. The lowest BCUT2D eigenvalue weighted by molar-refractivity contribution is 0.100. The Bertz CT molecular complexity index is 1440. The largest absolute Gasteiger partial charge is 0.489 e. The molecule has 32 heavy (non-hydrogen) atoms. The van der Waals surface area contributed by atoms with Gasteiger partial charge in [-0.1, -0.05) is 48.5 Å². The number of carbonyl (C=O) groups excluding carboxylic acids is 1. The quantitative estimate of drug-likeness (QED) is 0.382. The number of halogens is 1. The van der Waals surface area contributed by atoms with E-state index in [2.05, 4.69) is 4.57 Å². The Morgan fingerprint density at radius 3 is 2.44 bits per heavy atom. The molecule has 2 N–H and O–H groups in total. The van der Waals surface area contributed by atoms with Crippen molar-refractivity contribution in [3.63, 3.8) is 0 Å². The van der Waals surface area contributed by atoms with Crippen molar-refractivity contribution in [1.82, 2.24) is 4.57 Å². The van der Waals surface area contributed by atoms with Crippen LogP contribution in [0, 0.1) is 5.82 Å². The van der Waals surface area contributed by atoms with Crippen LogP contribution in [0.4, 0.5) is 4.39 Å². The van der Waals surface area contributed by atoms with Crippen molar-refractivity contribution >= 4 is 27.7 Å². The molecule has 0 spiro atoms. The number of nitrogens with two attached hydrogens (primary N) is 1. The molecule has 5 rings (SSSR count). The van der Waals surface area contributed by atoms with E-state index in [1.54, 1.807) is 18.2 Å².